The highest BCUT2D eigenvalue weighted by Crippen LogP contribution is 2.24. The van der Waals surface area contributed by atoms with Crippen molar-refractivity contribution in [3.05, 3.63) is 76.3 Å². The highest BCUT2D eigenvalue weighted by molar-refractivity contribution is 7.80. The zero-order chi connectivity index (χ0) is 21.1. The van der Waals surface area contributed by atoms with E-state index in [4.69, 9.17) is 23.8 Å². The topological polar surface area (TPSA) is 49.4 Å². The van der Waals surface area contributed by atoms with E-state index in [1.54, 1.807) is 30.3 Å². The van der Waals surface area contributed by atoms with Crippen molar-refractivity contribution in [2.24, 2.45) is 5.92 Å². The van der Waals surface area contributed by atoms with E-state index in [-0.39, 0.29) is 16.6 Å². The van der Waals surface area contributed by atoms with Crippen LogP contribution in [0.1, 0.15) is 37.8 Å². The molecule has 1 aliphatic heterocycles. The molecule has 0 radical (unpaired) electrons. The highest BCUT2D eigenvalue weighted by Gasteiger charge is 2.34. The van der Waals surface area contributed by atoms with E-state index in [1.807, 2.05) is 6.92 Å². The normalized spacial score (nSPS) is 17.1. The number of amides is 2. The number of allylic oxidation sites excluding steroid dienone is 1. The molecule has 1 saturated heterocycles. The highest BCUT2D eigenvalue weighted by atomic mass is 35.5. The summed E-state index contributed by atoms with van der Waals surface area (Å²) in [5.74, 6) is -0.409. The molecule has 0 saturated carbocycles. The minimum absolute atomic E-state index is 0.00309. The van der Waals surface area contributed by atoms with Gasteiger partial charge in [-0.05, 0) is 65.9 Å². The molecule has 150 valence electrons. The van der Waals surface area contributed by atoms with Gasteiger partial charge in [0.05, 0.1) is 5.69 Å². The van der Waals surface area contributed by atoms with Gasteiger partial charge in [0.2, 0.25) is 0 Å². The van der Waals surface area contributed by atoms with E-state index in [0.29, 0.717) is 16.6 Å². The Morgan fingerprint density at radius 2 is 1.66 bits per heavy atom. The smallest absolute Gasteiger partial charge is 0.269 e. The van der Waals surface area contributed by atoms with Gasteiger partial charge in [0.1, 0.15) is 5.57 Å². The standard InChI is InChI=1S/C23H23ClN2O2S/c1-14(2)17-6-4-16(5-7-17)12-15(3)13-20-21(27)25-23(29)26(22(20)28)19-10-8-18(24)9-11-19/h4-11,13-15H,12H2,1-3H3,(H,25,27,29)/b20-13-. The average Bonchev–Trinajstić information content (AvgIpc) is 2.67. The molecule has 4 nitrogen and oxygen atoms in total. The van der Waals surface area contributed by atoms with Gasteiger partial charge in [-0.25, -0.2) is 0 Å². The summed E-state index contributed by atoms with van der Waals surface area (Å²) in [6, 6.07) is 15.2. The van der Waals surface area contributed by atoms with Crippen molar-refractivity contribution in [3.8, 4) is 0 Å². The molecular weight excluding hydrogens is 404 g/mol. The second kappa shape index (κ2) is 8.89. The number of nitrogens with one attached hydrogen (secondary N) is 1. The van der Waals surface area contributed by atoms with Crippen molar-refractivity contribution < 1.29 is 9.59 Å². The van der Waals surface area contributed by atoms with Gasteiger partial charge >= 0.3 is 0 Å². The van der Waals surface area contributed by atoms with E-state index in [9.17, 15) is 9.59 Å². The Balaban J connectivity index is 1.80. The largest absolute Gasteiger partial charge is 0.298 e. The van der Waals surface area contributed by atoms with Crippen LogP contribution in [0.4, 0.5) is 5.69 Å². The van der Waals surface area contributed by atoms with E-state index in [0.717, 1.165) is 12.0 Å². The third kappa shape index (κ3) is 4.92. The molecule has 0 spiro atoms. The molecule has 2 amide bonds. The molecular formula is C23H23ClN2O2S. The van der Waals surface area contributed by atoms with Crippen molar-refractivity contribution >= 4 is 46.4 Å². The van der Waals surface area contributed by atoms with Crippen molar-refractivity contribution in [3.63, 3.8) is 0 Å². The summed E-state index contributed by atoms with van der Waals surface area (Å²) in [7, 11) is 0. The molecule has 1 aliphatic rings. The third-order valence-electron chi connectivity index (χ3n) is 4.84. The number of benzene rings is 2. The maximum Gasteiger partial charge on any atom is 0.269 e. The predicted octanol–water partition coefficient (Wildman–Crippen LogP) is 5.02. The van der Waals surface area contributed by atoms with Crippen molar-refractivity contribution in [2.75, 3.05) is 4.90 Å². The van der Waals surface area contributed by atoms with E-state index in [2.05, 4.69) is 43.4 Å². The summed E-state index contributed by atoms with van der Waals surface area (Å²) in [4.78, 5) is 26.8. The third-order valence-corrected chi connectivity index (χ3v) is 5.38. The monoisotopic (exact) mass is 426 g/mol. The minimum Gasteiger partial charge on any atom is -0.298 e. The zero-order valence-corrected chi connectivity index (χ0v) is 18.2. The fraction of sp³-hybridized carbons (Fsp3) is 0.261. The fourth-order valence-electron chi connectivity index (χ4n) is 3.26. The summed E-state index contributed by atoms with van der Waals surface area (Å²) >= 11 is 11.1. The van der Waals surface area contributed by atoms with Gasteiger partial charge < -0.3 is 0 Å². The van der Waals surface area contributed by atoms with Crippen LogP contribution in [0.2, 0.25) is 5.02 Å². The first-order valence-electron chi connectivity index (χ1n) is 9.52. The van der Waals surface area contributed by atoms with Crippen LogP contribution in [0.3, 0.4) is 0 Å². The van der Waals surface area contributed by atoms with Crippen LogP contribution in [0, 0.1) is 5.92 Å². The van der Waals surface area contributed by atoms with Crippen LogP contribution in [0.5, 0.6) is 0 Å². The fourth-order valence-corrected chi connectivity index (χ4v) is 3.66. The maximum atomic E-state index is 13.0. The molecule has 1 unspecified atom stereocenters. The number of rotatable bonds is 5. The molecule has 1 N–H and O–H groups in total. The van der Waals surface area contributed by atoms with Gasteiger partial charge in [-0.15, -0.1) is 0 Å². The first kappa shape index (κ1) is 21.2. The number of halogens is 1. The van der Waals surface area contributed by atoms with Gasteiger partial charge in [0.15, 0.2) is 5.11 Å². The van der Waals surface area contributed by atoms with Crippen LogP contribution in [-0.4, -0.2) is 16.9 Å². The average molecular weight is 427 g/mol. The van der Waals surface area contributed by atoms with Crippen molar-refractivity contribution in [2.45, 2.75) is 33.1 Å². The Morgan fingerprint density at radius 1 is 1.03 bits per heavy atom. The molecule has 6 heteroatoms. The Hall–Kier alpha value is -2.50. The van der Waals surface area contributed by atoms with Crippen molar-refractivity contribution in [1.82, 2.24) is 5.32 Å². The Labute approximate surface area is 181 Å². The summed E-state index contributed by atoms with van der Waals surface area (Å²) in [5, 5.41) is 3.23. The Kier molecular flexibility index (Phi) is 6.50. The second-order valence-electron chi connectivity index (χ2n) is 7.53. The van der Waals surface area contributed by atoms with Crippen molar-refractivity contribution in [1.29, 1.82) is 0 Å². The van der Waals surface area contributed by atoms with E-state index >= 15 is 0 Å². The SMILES string of the molecule is CC(/C=C1/C(=O)NC(=S)N(c2ccc(Cl)cc2)C1=O)Cc1ccc(C(C)C)cc1. The van der Waals surface area contributed by atoms with Gasteiger partial charge in [-0.3, -0.25) is 19.8 Å². The van der Waals surface area contributed by atoms with E-state index in [1.165, 1.54) is 10.5 Å². The minimum atomic E-state index is -0.466. The summed E-state index contributed by atoms with van der Waals surface area (Å²) in [6.07, 6.45) is 2.45. The molecule has 3 rings (SSSR count). The lowest BCUT2D eigenvalue weighted by Crippen LogP contribution is -2.54. The van der Waals surface area contributed by atoms with Crippen LogP contribution in [0.25, 0.3) is 0 Å². The summed E-state index contributed by atoms with van der Waals surface area (Å²) in [6.45, 7) is 6.31. The molecule has 1 fully saturated rings. The molecule has 2 aromatic carbocycles. The molecule has 1 atom stereocenters. The van der Waals surface area contributed by atoms with Gasteiger partial charge in [-0.2, -0.15) is 0 Å². The van der Waals surface area contributed by atoms with Gasteiger partial charge in [-0.1, -0.05) is 62.7 Å². The molecule has 1 heterocycles. The number of thiocarbonyl (C=S) groups is 1. The molecule has 0 aromatic heterocycles. The number of hydrogen-bond acceptors (Lipinski definition) is 3. The first-order valence-corrected chi connectivity index (χ1v) is 10.3. The number of hydrogen-bond donors (Lipinski definition) is 1. The lowest BCUT2D eigenvalue weighted by Gasteiger charge is -2.29. The summed E-state index contributed by atoms with van der Waals surface area (Å²) in [5.41, 5.74) is 3.10. The Morgan fingerprint density at radius 3 is 2.24 bits per heavy atom. The molecule has 29 heavy (non-hydrogen) atoms. The lowest BCUT2D eigenvalue weighted by atomic mass is 9.95. The van der Waals surface area contributed by atoms with Gasteiger partial charge in [0, 0.05) is 5.02 Å². The number of anilines is 1. The molecule has 0 bridgehead atoms. The number of carbonyl (C=O) groups excluding carboxylic acids is 2. The summed E-state index contributed by atoms with van der Waals surface area (Å²) < 4.78 is 0. The number of carbonyl (C=O) groups is 2. The predicted molar refractivity (Wildman–Crippen MR) is 121 cm³/mol. The first-order chi connectivity index (χ1) is 13.8. The van der Waals surface area contributed by atoms with Crippen LogP contribution < -0.4 is 10.2 Å². The van der Waals surface area contributed by atoms with Crippen LogP contribution in [0.15, 0.2) is 60.2 Å². The van der Waals surface area contributed by atoms with Gasteiger partial charge in [0.25, 0.3) is 11.8 Å². The quantitative estimate of drug-likeness (QED) is 0.415. The molecule has 2 aromatic rings. The van der Waals surface area contributed by atoms with E-state index < -0.39 is 11.8 Å². The molecule has 0 aliphatic carbocycles. The second-order valence-corrected chi connectivity index (χ2v) is 8.36. The zero-order valence-electron chi connectivity index (χ0n) is 16.6. The van der Waals surface area contributed by atoms with Crippen LogP contribution in [-0.2, 0) is 16.0 Å². The maximum absolute atomic E-state index is 13.0. The lowest BCUT2D eigenvalue weighted by molar-refractivity contribution is -0.122. The Bertz CT molecular complexity index is 965. The number of nitrogens with zero attached hydrogens (tertiary/aromatic N) is 1. The van der Waals surface area contributed by atoms with Crippen LogP contribution >= 0.6 is 23.8 Å².